The number of imidazole rings is 1. The Balaban J connectivity index is 2.43. The zero-order valence-corrected chi connectivity index (χ0v) is 6.99. The zero-order valence-electron chi connectivity index (χ0n) is 6.99. The molecule has 0 spiro atoms. The van der Waals surface area contributed by atoms with Crippen molar-refractivity contribution in [3.8, 4) is 0 Å². The summed E-state index contributed by atoms with van der Waals surface area (Å²) in [5, 5.41) is 11.1. The molecule has 0 aliphatic heterocycles. The molecule has 14 heavy (non-hydrogen) atoms. The first-order valence-electron chi connectivity index (χ1n) is 3.69. The first-order chi connectivity index (χ1) is 6.81. The topological polar surface area (TPSA) is 114 Å². The third-order valence-electron chi connectivity index (χ3n) is 1.56. The van der Waals surface area contributed by atoms with Crippen LogP contribution in [0.2, 0.25) is 0 Å². The van der Waals surface area contributed by atoms with Crippen LogP contribution in [0.15, 0.2) is 24.0 Å². The number of guanidine groups is 1. The Labute approximate surface area is 78.1 Å². The molecule has 72 valence electrons. The Hall–Kier alpha value is -2.38. The number of nitrogens with two attached hydrogens (primary N) is 1. The molecule has 0 aliphatic rings. The van der Waals surface area contributed by atoms with Gasteiger partial charge >= 0.3 is 0 Å². The van der Waals surface area contributed by atoms with Crippen LogP contribution >= 0.6 is 0 Å². The van der Waals surface area contributed by atoms with Gasteiger partial charge in [-0.05, 0) is 0 Å². The molecule has 2 aromatic rings. The summed E-state index contributed by atoms with van der Waals surface area (Å²) >= 11 is 0. The maximum atomic E-state index is 8.34. The van der Waals surface area contributed by atoms with Crippen molar-refractivity contribution in [3.63, 3.8) is 0 Å². The molecule has 0 fully saturated rings. The van der Waals surface area contributed by atoms with E-state index in [1.54, 1.807) is 6.20 Å². The molecular weight excluding hydrogens is 186 g/mol. The van der Waals surface area contributed by atoms with Crippen molar-refractivity contribution in [2.24, 2.45) is 10.9 Å². The van der Waals surface area contributed by atoms with Crippen LogP contribution in [-0.2, 0) is 0 Å². The predicted molar refractivity (Wildman–Crippen MR) is 48.1 cm³/mol. The zero-order chi connectivity index (χ0) is 9.97. The minimum atomic E-state index is -0.150. The van der Waals surface area contributed by atoms with Gasteiger partial charge in [0.05, 0.1) is 6.20 Å². The van der Waals surface area contributed by atoms with E-state index in [-0.39, 0.29) is 5.96 Å². The summed E-state index contributed by atoms with van der Waals surface area (Å²) in [7, 11) is 0. The minimum absolute atomic E-state index is 0.150. The van der Waals surface area contributed by atoms with Crippen molar-refractivity contribution in [1.29, 1.82) is 0 Å². The van der Waals surface area contributed by atoms with Gasteiger partial charge in [-0.1, -0.05) is 5.16 Å². The van der Waals surface area contributed by atoms with Gasteiger partial charge in [0, 0.05) is 0 Å². The fraction of sp³-hybridized carbons (Fsp3) is 0. The monoisotopic (exact) mass is 193 g/mol. The van der Waals surface area contributed by atoms with Crippen LogP contribution < -0.4 is 11.2 Å². The highest BCUT2D eigenvalue weighted by molar-refractivity contribution is 5.86. The molecule has 0 radical (unpaired) electrons. The lowest BCUT2D eigenvalue weighted by atomic mass is 10.6. The number of nitrogens with zero attached hydrogens (tertiary/aromatic N) is 5. The summed E-state index contributed by atoms with van der Waals surface area (Å²) in [5.74, 6) is -0.150. The lowest BCUT2D eigenvalue weighted by Gasteiger charge is -2.03. The Morgan fingerprint density at radius 1 is 1.57 bits per heavy atom. The van der Waals surface area contributed by atoms with E-state index in [1.165, 1.54) is 17.3 Å². The van der Waals surface area contributed by atoms with Gasteiger partial charge in [-0.15, -0.1) is 0 Å². The van der Waals surface area contributed by atoms with E-state index in [9.17, 15) is 0 Å². The molecule has 2 heterocycles. The van der Waals surface area contributed by atoms with E-state index in [4.69, 9.17) is 10.9 Å². The number of nitrogens with one attached hydrogen (secondary N) is 1. The summed E-state index contributed by atoms with van der Waals surface area (Å²) in [6.45, 7) is 0. The van der Waals surface area contributed by atoms with Crippen molar-refractivity contribution in [3.05, 3.63) is 18.9 Å². The van der Waals surface area contributed by atoms with Crippen LogP contribution in [0.25, 0.3) is 11.2 Å². The van der Waals surface area contributed by atoms with E-state index < -0.39 is 0 Å². The molecule has 2 aromatic heterocycles. The summed E-state index contributed by atoms with van der Waals surface area (Å²) < 4.78 is 1.42. The van der Waals surface area contributed by atoms with Crippen molar-refractivity contribution in [2.75, 3.05) is 5.43 Å². The number of aromatic nitrogens is 4. The van der Waals surface area contributed by atoms with Crippen molar-refractivity contribution in [1.82, 2.24) is 19.6 Å². The number of hydrogen-bond acceptors (Lipinski definition) is 5. The van der Waals surface area contributed by atoms with E-state index in [0.29, 0.717) is 11.2 Å². The average Bonchev–Trinajstić information content (AvgIpc) is 2.62. The first-order valence-corrected chi connectivity index (χ1v) is 3.69. The highest BCUT2D eigenvalue weighted by atomic mass is 16.4. The number of oxime groups is 1. The highest BCUT2D eigenvalue weighted by Crippen LogP contribution is 2.04. The Morgan fingerprint density at radius 3 is 3.21 bits per heavy atom. The average molecular weight is 193 g/mol. The molecule has 8 nitrogen and oxygen atoms in total. The highest BCUT2D eigenvalue weighted by Gasteiger charge is 2.03. The molecule has 0 bridgehead atoms. The van der Waals surface area contributed by atoms with Gasteiger partial charge in [-0.2, -0.15) is 0 Å². The van der Waals surface area contributed by atoms with Crippen molar-refractivity contribution >= 4 is 17.1 Å². The van der Waals surface area contributed by atoms with Crippen LogP contribution in [0.4, 0.5) is 0 Å². The number of fused-ring (bicyclic) bond motifs is 1. The van der Waals surface area contributed by atoms with Crippen LogP contribution in [0, 0.1) is 0 Å². The van der Waals surface area contributed by atoms with Crippen LogP contribution in [0.1, 0.15) is 0 Å². The summed E-state index contributed by atoms with van der Waals surface area (Å²) in [6.07, 6.45) is 4.40. The minimum Gasteiger partial charge on any atom is -0.408 e. The molecule has 0 saturated carbocycles. The second kappa shape index (κ2) is 3.17. The fourth-order valence-electron chi connectivity index (χ4n) is 0.995. The Bertz CT molecular complexity index is 476. The molecule has 0 saturated heterocycles. The lowest BCUT2D eigenvalue weighted by molar-refractivity contribution is 0.317. The van der Waals surface area contributed by atoms with Gasteiger partial charge in [0.25, 0.3) is 0 Å². The third kappa shape index (κ3) is 1.28. The van der Waals surface area contributed by atoms with Crippen molar-refractivity contribution < 1.29 is 5.21 Å². The standard InChI is InChI=1S/C6H7N7O/c7-6(12-14)11-13-3-10-4-1-8-2-9-5(4)13/h1-3,14H,(H3,7,11,12). The number of rotatable bonds is 1. The van der Waals surface area contributed by atoms with E-state index >= 15 is 0 Å². The summed E-state index contributed by atoms with van der Waals surface area (Å²) in [5.41, 5.74) is 8.97. The van der Waals surface area contributed by atoms with Crippen LogP contribution in [-0.4, -0.2) is 30.8 Å². The fourth-order valence-corrected chi connectivity index (χ4v) is 0.995. The van der Waals surface area contributed by atoms with Crippen LogP contribution in [0.3, 0.4) is 0 Å². The van der Waals surface area contributed by atoms with E-state index in [0.717, 1.165) is 0 Å². The maximum absolute atomic E-state index is 8.34. The van der Waals surface area contributed by atoms with Gasteiger partial charge < -0.3 is 10.9 Å². The van der Waals surface area contributed by atoms with Gasteiger partial charge in [-0.3, -0.25) is 5.43 Å². The van der Waals surface area contributed by atoms with Gasteiger partial charge in [0.1, 0.15) is 18.2 Å². The predicted octanol–water partition coefficient (Wildman–Crippen LogP) is -0.926. The third-order valence-corrected chi connectivity index (χ3v) is 1.56. The molecule has 0 aromatic carbocycles. The molecular formula is C6H7N7O. The van der Waals surface area contributed by atoms with Crippen LogP contribution in [0.5, 0.6) is 0 Å². The maximum Gasteiger partial charge on any atom is 0.249 e. The lowest BCUT2D eigenvalue weighted by Crippen LogP contribution is -2.29. The molecule has 0 unspecified atom stereocenters. The Morgan fingerprint density at radius 2 is 2.43 bits per heavy atom. The second-order valence-corrected chi connectivity index (χ2v) is 2.44. The van der Waals surface area contributed by atoms with Gasteiger partial charge in [-0.25, -0.2) is 19.6 Å². The largest absolute Gasteiger partial charge is 0.408 e. The molecule has 0 amide bonds. The van der Waals surface area contributed by atoms with Crippen molar-refractivity contribution in [2.45, 2.75) is 0 Å². The Kier molecular flexibility index (Phi) is 1.86. The van der Waals surface area contributed by atoms with E-state index in [1.807, 2.05) is 0 Å². The van der Waals surface area contributed by atoms with E-state index in [2.05, 4.69) is 25.5 Å². The number of hydrogen-bond donors (Lipinski definition) is 3. The SMILES string of the molecule is NC(=NO)Nn1cnc2cncnc21. The molecule has 0 atom stereocenters. The molecule has 8 heteroatoms. The quantitative estimate of drug-likeness (QED) is 0.233. The first kappa shape index (κ1) is 8.23. The summed E-state index contributed by atoms with van der Waals surface area (Å²) in [4.78, 5) is 11.8. The smallest absolute Gasteiger partial charge is 0.249 e. The molecule has 4 N–H and O–H groups in total. The normalized spacial score (nSPS) is 11.9. The molecule has 2 rings (SSSR count). The van der Waals surface area contributed by atoms with Gasteiger partial charge in [0.2, 0.25) is 5.96 Å². The second-order valence-electron chi connectivity index (χ2n) is 2.44. The summed E-state index contributed by atoms with van der Waals surface area (Å²) in [6, 6.07) is 0. The van der Waals surface area contributed by atoms with Gasteiger partial charge in [0.15, 0.2) is 5.65 Å². The molecule has 0 aliphatic carbocycles.